The monoisotopic (exact) mass is 278 g/mol. The number of nitrogens with one attached hydrogen (secondary N) is 1. The summed E-state index contributed by atoms with van der Waals surface area (Å²) in [6.45, 7) is 0. The van der Waals surface area contributed by atoms with E-state index in [4.69, 9.17) is 5.11 Å². The number of aromatic hydroxyl groups is 1. The molecule has 0 radical (unpaired) electrons. The van der Waals surface area contributed by atoms with E-state index in [1.54, 1.807) is 0 Å². The van der Waals surface area contributed by atoms with Crippen LogP contribution in [0.3, 0.4) is 0 Å². The molecule has 2 rings (SSSR count). The van der Waals surface area contributed by atoms with Gasteiger partial charge in [-0.1, -0.05) is 0 Å². The van der Waals surface area contributed by atoms with Crippen LogP contribution in [0.1, 0.15) is 0 Å². The fraction of sp³-hybridized carbons (Fsp3) is 0. The molecule has 62 valence electrons. The summed E-state index contributed by atoms with van der Waals surface area (Å²) in [4.78, 5) is 0. The molecule has 12 heavy (non-hydrogen) atoms. The van der Waals surface area contributed by atoms with Crippen LogP contribution in [0.15, 0.2) is 12.1 Å². The minimum Gasteiger partial charge on any atom is -0.508 e. The van der Waals surface area contributed by atoms with Crippen LogP contribution in [0.25, 0.3) is 10.9 Å². The number of hydrogen-bond acceptors (Lipinski definition) is 2. The topological polar surface area (TPSA) is 48.9 Å². The lowest BCUT2D eigenvalue weighted by molar-refractivity contribution is 0.471. The standard InChI is InChI=1S/C7H4FIN2O/c8-4-1-3(12)2-5-6(4)7(9)11-10-5/h1-2,12H,(H,10,11). The van der Waals surface area contributed by atoms with Crippen LogP contribution in [-0.4, -0.2) is 15.3 Å². The maximum atomic E-state index is 13.1. The number of benzene rings is 1. The molecule has 1 aromatic carbocycles. The van der Waals surface area contributed by atoms with Gasteiger partial charge in [0.2, 0.25) is 0 Å². The molecule has 0 aliphatic heterocycles. The zero-order valence-corrected chi connectivity index (χ0v) is 7.96. The third kappa shape index (κ3) is 1.04. The Morgan fingerprint density at radius 3 is 3.00 bits per heavy atom. The fourth-order valence-corrected chi connectivity index (χ4v) is 1.70. The average molecular weight is 278 g/mol. The number of aromatic amines is 1. The van der Waals surface area contributed by atoms with Crippen molar-refractivity contribution >= 4 is 33.5 Å². The number of hydrogen-bond donors (Lipinski definition) is 2. The molecular formula is C7H4FIN2O. The van der Waals surface area contributed by atoms with Gasteiger partial charge in [0.25, 0.3) is 0 Å². The summed E-state index contributed by atoms with van der Waals surface area (Å²) in [5.74, 6) is -0.564. The van der Waals surface area contributed by atoms with E-state index in [0.29, 0.717) is 14.6 Å². The molecule has 1 aromatic heterocycles. The summed E-state index contributed by atoms with van der Waals surface area (Å²) in [5, 5.41) is 15.9. The first kappa shape index (κ1) is 7.78. The first-order valence-corrected chi connectivity index (χ1v) is 4.28. The molecule has 0 fully saturated rings. The third-order valence-corrected chi connectivity index (χ3v) is 2.33. The van der Waals surface area contributed by atoms with Crippen molar-refractivity contribution in [1.82, 2.24) is 10.2 Å². The van der Waals surface area contributed by atoms with Gasteiger partial charge in [-0.2, -0.15) is 5.10 Å². The van der Waals surface area contributed by atoms with Gasteiger partial charge in [-0.15, -0.1) is 0 Å². The first-order valence-electron chi connectivity index (χ1n) is 3.20. The molecule has 0 atom stereocenters. The van der Waals surface area contributed by atoms with Gasteiger partial charge < -0.3 is 5.11 Å². The highest BCUT2D eigenvalue weighted by Gasteiger charge is 2.09. The molecular weight excluding hydrogens is 274 g/mol. The lowest BCUT2D eigenvalue weighted by Gasteiger charge is -1.93. The van der Waals surface area contributed by atoms with E-state index < -0.39 is 5.82 Å². The zero-order chi connectivity index (χ0) is 8.72. The Hall–Kier alpha value is -0.850. The number of phenolic OH excluding ortho intramolecular Hbond substituents is 1. The third-order valence-electron chi connectivity index (χ3n) is 1.55. The molecule has 0 amide bonds. The van der Waals surface area contributed by atoms with Crippen molar-refractivity contribution in [3.8, 4) is 5.75 Å². The predicted molar refractivity (Wildman–Crippen MR) is 50.4 cm³/mol. The summed E-state index contributed by atoms with van der Waals surface area (Å²) in [6, 6.07) is 2.48. The molecule has 0 unspecified atom stereocenters. The van der Waals surface area contributed by atoms with Crippen LogP contribution in [0.4, 0.5) is 4.39 Å². The van der Waals surface area contributed by atoms with Gasteiger partial charge >= 0.3 is 0 Å². The van der Waals surface area contributed by atoms with E-state index in [1.807, 2.05) is 22.6 Å². The lowest BCUT2D eigenvalue weighted by Crippen LogP contribution is -1.77. The highest BCUT2D eigenvalue weighted by molar-refractivity contribution is 14.1. The summed E-state index contributed by atoms with van der Waals surface area (Å²) in [7, 11) is 0. The van der Waals surface area contributed by atoms with Crippen molar-refractivity contribution in [1.29, 1.82) is 0 Å². The smallest absolute Gasteiger partial charge is 0.138 e. The summed E-state index contributed by atoms with van der Waals surface area (Å²) < 4.78 is 13.8. The van der Waals surface area contributed by atoms with Gasteiger partial charge in [-0.25, -0.2) is 4.39 Å². The van der Waals surface area contributed by atoms with E-state index in [2.05, 4.69) is 10.2 Å². The normalized spacial score (nSPS) is 10.8. The highest BCUT2D eigenvalue weighted by atomic mass is 127. The Morgan fingerprint density at radius 2 is 2.25 bits per heavy atom. The molecule has 2 N–H and O–H groups in total. The van der Waals surface area contributed by atoms with Crippen molar-refractivity contribution in [2.24, 2.45) is 0 Å². The number of aromatic nitrogens is 2. The molecule has 2 aromatic rings. The first-order chi connectivity index (χ1) is 5.68. The number of fused-ring (bicyclic) bond motifs is 1. The molecule has 1 heterocycles. The van der Waals surface area contributed by atoms with Crippen LogP contribution in [0, 0.1) is 9.52 Å². The Bertz CT molecular complexity index is 440. The second kappa shape index (κ2) is 2.58. The van der Waals surface area contributed by atoms with E-state index in [0.717, 1.165) is 6.07 Å². The Labute approximate surface area is 80.7 Å². The van der Waals surface area contributed by atoms with Gasteiger partial charge in [0.1, 0.15) is 15.3 Å². The maximum absolute atomic E-state index is 13.1. The quantitative estimate of drug-likeness (QED) is 0.724. The van der Waals surface area contributed by atoms with Gasteiger partial charge in [0.05, 0.1) is 10.9 Å². The highest BCUT2D eigenvalue weighted by Crippen LogP contribution is 2.25. The van der Waals surface area contributed by atoms with Crippen molar-refractivity contribution in [2.45, 2.75) is 0 Å². The van der Waals surface area contributed by atoms with Crippen LogP contribution in [-0.2, 0) is 0 Å². The largest absolute Gasteiger partial charge is 0.508 e. The Balaban J connectivity index is 2.93. The molecule has 0 saturated heterocycles. The molecule has 0 aliphatic rings. The number of halogens is 2. The van der Waals surface area contributed by atoms with Crippen molar-refractivity contribution < 1.29 is 9.50 Å². The van der Waals surface area contributed by atoms with Crippen LogP contribution >= 0.6 is 22.6 Å². The molecule has 0 aliphatic carbocycles. The van der Waals surface area contributed by atoms with E-state index in [-0.39, 0.29) is 5.75 Å². The number of phenols is 1. The Kier molecular flexibility index (Phi) is 1.67. The van der Waals surface area contributed by atoms with Gasteiger partial charge in [0.15, 0.2) is 0 Å². The summed E-state index contributed by atoms with van der Waals surface area (Å²) >= 11 is 1.95. The lowest BCUT2D eigenvalue weighted by atomic mass is 10.2. The van der Waals surface area contributed by atoms with Gasteiger partial charge in [-0.3, -0.25) is 5.10 Å². The van der Waals surface area contributed by atoms with Crippen molar-refractivity contribution in [3.63, 3.8) is 0 Å². The van der Waals surface area contributed by atoms with Crippen molar-refractivity contribution in [2.75, 3.05) is 0 Å². The molecule has 3 nitrogen and oxygen atoms in total. The van der Waals surface area contributed by atoms with Gasteiger partial charge in [-0.05, 0) is 22.6 Å². The number of rotatable bonds is 0. The van der Waals surface area contributed by atoms with Gasteiger partial charge in [0, 0.05) is 12.1 Å². The molecule has 0 spiro atoms. The van der Waals surface area contributed by atoms with E-state index in [9.17, 15) is 4.39 Å². The predicted octanol–water partition coefficient (Wildman–Crippen LogP) is 2.01. The second-order valence-corrected chi connectivity index (χ2v) is 3.44. The average Bonchev–Trinajstić information content (AvgIpc) is 2.31. The summed E-state index contributed by atoms with van der Waals surface area (Å²) in [6.07, 6.45) is 0. The SMILES string of the molecule is Oc1cc(F)c2c(I)[nH]nc2c1. The van der Waals surface area contributed by atoms with Crippen LogP contribution in [0.5, 0.6) is 5.75 Å². The number of nitrogens with zero attached hydrogens (tertiary/aromatic N) is 1. The maximum Gasteiger partial charge on any atom is 0.138 e. The molecule has 0 bridgehead atoms. The Morgan fingerprint density at radius 1 is 1.50 bits per heavy atom. The minimum absolute atomic E-state index is 0.108. The molecule has 0 saturated carbocycles. The second-order valence-electron chi connectivity index (χ2n) is 2.36. The summed E-state index contributed by atoms with van der Waals surface area (Å²) in [5.41, 5.74) is 0.442. The molecule has 5 heteroatoms. The van der Waals surface area contributed by atoms with Crippen LogP contribution < -0.4 is 0 Å². The minimum atomic E-state index is -0.455. The van der Waals surface area contributed by atoms with Crippen molar-refractivity contribution in [3.05, 3.63) is 21.7 Å². The van der Waals surface area contributed by atoms with Crippen LogP contribution in [0.2, 0.25) is 0 Å². The number of H-pyrrole nitrogens is 1. The van der Waals surface area contributed by atoms with E-state index in [1.165, 1.54) is 6.07 Å². The van der Waals surface area contributed by atoms with E-state index >= 15 is 0 Å². The zero-order valence-electron chi connectivity index (χ0n) is 5.81. The fourth-order valence-electron chi connectivity index (χ4n) is 1.05.